The fourth-order valence-electron chi connectivity index (χ4n) is 2.13. The van der Waals surface area contributed by atoms with Crippen LogP contribution in [-0.2, 0) is 0 Å². The molecule has 6 heteroatoms. The van der Waals surface area contributed by atoms with Crippen molar-refractivity contribution in [3.8, 4) is 0 Å². The summed E-state index contributed by atoms with van der Waals surface area (Å²) in [5.41, 5.74) is 7.99. The lowest BCUT2D eigenvalue weighted by atomic mass is 10.1. The first kappa shape index (κ1) is 16.4. The minimum absolute atomic E-state index is 0.0376. The fourth-order valence-corrected chi connectivity index (χ4v) is 3.34. The molecular weight excluding hydrogens is 336 g/mol. The van der Waals surface area contributed by atoms with E-state index < -0.39 is 0 Å². The quantitative estimate of drug-likeness (QED) is 0.481. The predicted molar refractivity (Wildman–Crippen MR) is 106 cm³/mol. The van der Waals surface area contributed by atoms with Gasteiger partial charge in [-0.2, -0.15) is 0 Å². The van der Waals surface area contributed by atoms with Gasteiger partial charge < -0.3 is 11.1 Å². The molecule has 24 heavy (non-hydrogen) atoms. The fraction of sp³-hybridized carbons (Fsp3) is 0.111. The molecule has 3 N–H and O–H groups in total. The zero-order valence-corrected chi connectivity index (χ0v) is 14.8. The Balaban J connectivity index is 1.70. The Morgan fingerprint density at radius 2 is 1.96 bits per heavy atom. The Labute approximate surface area is 149 Å². The molecule has 1 unspecified atom stereocenters. The molecule has 0 aliphatic heterocycles. The summed E-state index contributed by atoms with van der Waals surface area (Å²) in [6.45, 7) is 2.05. The van der Waals surface area contributed by atoms with Crippen molar-refractivity contribution in [2.75, 3.05) is 5.32 Å². The maximum Gasteiger partial charge on any atom is 0.141 e. The van der Waals surface area contributed by atoms with Gasteiger partial charge in [0, 0.05) is 0 Å². The van der Waals surface area contributed by atoms with Crippen LogP contribution < -0.4 is 11.1 Å². The maximum absolute atomic E-state index is 6.05. The molecule has 0 spiro atoms. The Hall–Kier alpha value is -2.44. The zero-order chi connectivity index (χ0) is 16.8. The van der Waals surface area contributed by atoms with Crippen LogP contribution in [0.1, 0.15) is 23.4 Å². The Morgan fingerprint density at radius 3 is 2.71 bits per heavy atom. The third-order valence-electron chi connectivity index (χ3n) is 3.40. The highest BCUT2D eigenvalue weighted by molar-refractivity contribution is 7.14. The van der Waals surface area contributed by atoms with Crippen molar-refractivity contribution in [1.82, 2.24) is 0 Å². The molecule has 0 fully saturated rings. The molecule has 3 aromatic rings. The van der Waals surface area contributed by atoms with Gasteiger partial charge in [-0.1, -0.05) is 18.2 Å². The number of aliphatic imine (C=N–C) groups is 2. The minimum atomic E-state index is 0.0376. The number of nitrogens with one attached hydrogen (secondary N) is 1. The molecule has 1 atom stereocenters. The van der Waals surface area contributed by atoms with Crippen LogP contribution in [0.4, 0.5) is 10.7 Å². The molecule has 0 amide bonds. The number of benzene rings is 1. The van der Waals surface area contributed by atoms with E-state index in [-0.39, 0.29) is 6.04 Å². The van der Waals surface area contributed by atoms with E-state index >= 15 is 0 Å². The third-order valence-corrected chi connectivity index (χ3v) is 5.10. The van der Waals surface area contributed by atoms with E-state index in [0.717, 1.165) is 21.1 Å². The van der Waals surface area contributed by atoms with Gasteiger partial charge in [0.05, 0.1) is 27.9 Å². The number of anilines is 1. The monoisotopic (exact) mass is 354 g/mol. The Kier molecular flexibility index (Phi) is 5.40. The summed E-state index contributed by atoms with van der Waals surface area (Å²) in [5, 5.41) is 8.27. The average molecular weight is 355 g/mol. The van der Waals surface area contributed by atoms with Gasteiger partial charge in [-0.15, -0.1) is 22.7 Å². The summed E-state index contributed by atoms with van der Waals surface area (Å²) in [6, 6.07) is 16.0. The SMILES string of the molecule is CC(N=CNc1cccs1)c1cccc(N=C(N)c2cccs2)c1. The van der Waals surface area contributed by atoms with E-state index in [9.17, 15) is 0 Å². The Bertz CT molecular complexity index is 821. The smallest absolute Gasteiger partial charge is 0.141 e. The van der Waals surface area contributed by atoms with Crippen molar-refractivity contribution in [3.63, 3.8) is 0 Å². The van der Waals surface area contributed by atoms with Gasteiger partial charge in [0.25, 0.3) is 0 Å². The van der Waals surface area contributed by atoms with Crippen molar-refractivity contribution in [3.05, 3.63) is 69.7 Å². The number of amidine groups is 1. The van der Waals surface area contributed by atoms with E-state index in [2.05, 4.69) is 22.2 Å². The predicted octanol–water partition coefficient (Wildman–Crippen LogP) is 5.05. The number of hydrogen-bond acceptors (Lipinski definition) is 4. The van der Waals surface area contributed by atoms with Crippen LogP contribution in [0, 0.1) is 0 Å². The van der Waals surface area contributed by atoms with E-state index in [4.69, 9.17) is 5.73 Å². The lowest BCUT2D eigenvalue weighted by Crippen LogP contribution is -2.10. The Morgan fingerprint density at radius 1 is 1.12 bits per heavy atom. The first-order chi connectivity index (χ1) is 11.7. The van der Waals surface area contributed by atoms with Gasteiger partial charge in [0.2, 0.25) is 0 Å². The number of nitrogens with two attached hydrogens (primary N) is 1. The van der Waals surface area contributed by atoms with Gasteiger partial charge in [-0.3, -0.25) is 4.99 Å². The van der Waals surface area contributed by atoms with Crippen molar-refractivity contribution in [2.45, 2.75) is 13.0 Å². The van der Waals surface area contributed by atoms with Crippen LogP contribution in [0.25, 0.3) is 0 Å². The summed E-state index contributed by atoms with van der Waals surface area (Å²) < 4.78 is 0. The lowest BCUT2D eigenvalue weighted by molar-refractivity contribution is 0.825. The van der Waals surface area contributed by atoms with Gasteiger partial charge in [-0.25, -0.2) is 4.99 Å². The number of thiophene rings is 2. The van der Waals surface area contributed by atoms with Gasteiger partial charge in [0.15, 0.2) is 0 Å². The van der Waals surface area contributed by atoms with Crippen molar-refractivity contribution in [1.29, 1.82) is 0 Å². The van der Waals surface area contributed by atoms with Crippen LogP contribution in [0.3, 0.4) is 0 Å². The van der Waals surface area contributed by atoms with Crippen LogP contribution in [0.2, 0.25) is 0 Å². The van der Waals surface area contributed by atoms with E-state index in [1.165, 1.54) is 0 Å². The topological polar surface area (TPSA) is 62.8 Å². The van der Waals surface area contributed by atoms with E-state index in [1.807, 2.05) is 59.3 Å². The number of rotatable bonds is 6. The van der Waals surface area contributed by atoms with Crippen molar-refractivity contribution >= 4 is 45.5 Å². The van der Waals surface area contributed by atoms with Crippen LogP contribution in [0.15, 0.2) is 69.3 Å². The molecule has 0 radical (unpaired) electrons. The highest BCUT2D eigenvalue weighted by Crippen LogP contribution is 2.23. The molecule has 1 aromatic carbocycles. The number of hydrogen-bond donors (Lipinski definition) is 2. The molecule has 2 heterocycles. The summed E-state index contributed by atoms with van der Waals surface area (Å²) in [7, 11) is 0. The summed E-state index contributed by atoms with van der Waals surface area (Å²) in [5.74, 6) is 0.540. The largest absolute Gasteiger partial charge is 0.383 e. The molecule has 0 bridgehead atoms. The molecular formula is C18H18N4S2. The van der Waals surface area contributed by atoms with Crippen LogP contribution in [0.5, 0.6) is 0 Å². The zero-order valence-electron chi connectivity index (χ0n) is 13.2. The van der Waals surface area contributed by atoms with E-state index in [1.54, 1.807) is 29.0 Å². The summed E-state index contributed by atoms with van der Waals surface area (Å²) >= 11 is 3.23. The van der Waals surface area contributed by atoms with E-state index in [0.29, 0.717) is 5.84 Å². The molecule has 0 aliphatic carbocycles. The lowest BCUT2D eigenvalue weighted by Gasteiger charge is -2.08. The first-order valence-electron chi connectivity index (χ1n) is 7.52. The van der Waals surface area contributed by atoms with Gasteiger partial charge in [0.1, 0.15) is 5.84 Å². The average Bonchev–Trinajstić information content (AvgIpc) is 3.29. The van der Waals surface area contributed by atoms with Crippen molar-refractivity contribution in [2.24, 2.45) is 15.7 Å². The molecule has 0 saturated carbocycles. The van der Waals surface area contributed by atoms with Crippen LogP contribution >= 0.6 is 22.7 Å². The maximum atomic E-state index is 6.05. The molecule has 3 rings (SSSR count). The molecule has 2 aromatic heterocycles. The number of nitrogens with zero attached hydrogens (tertiary/aromatic N) is 2. The molecule has 0 aliphatic rings. The normalized spacial score (nSPS) is 13.3. The third kappa shape index (κ3) is 4.31. The highest BCUT2D eigenvalue weighted by atomic mass is 32.1. The van der Waals surface area contributed by atoms with Crippen LogP contribution in [-0.4, -0.2) is 12.2 Å². The molecule has 4 nitrogen and oxygen atoms in total. The second-order valence-electron chi connectivity index (χ2n) is 5.15. The standard InChI is InChI=1S/C18H18N4S2/c1-13(20-12-21-17-8-4-10-24-17)14-5-2-6-15(11-14)22-18(19)16-7-3-9-23-16/h2-13H,1H3,(H2,19,22)(H,20,21). The summed E-state index contributed by atoms with van der Waals surface area (Å²) in [6.07, 6.45) is 1.74. The molecule has 122 valence electrons. The second kappa shape index (κ2) is 7.90. The highest BCUT2D eigenvalue weighted by Gasteiger charge is 2.05. The second-order valence-corrected chi connectivity index (χ2v) is 7.04. The van der Waals surface area contributed by atoms with Gasteiger partial charge >= 0.3 is 0 Å². The minimum Gasteiger partial charge on any atom is -0.383 e. The van der Waals surface area contributed by atoms with Crippen molar-refractivity contribution < 1.29 is 0 Å². The van der Waals surface area contributed by atoms with Gasteiger partial charge in [-0.05, 0) is 53.6 Å². The molecule has 0 saturated heterocycles. The summed E-state index contributed by atoms with van der Waals surface area (Å²) in [4.78, 5) is 10.0. The first-order valence-corrected chi connectivity index (χ1v) is 9.28.